The molecule has 1 unspecified atom stereocenters. The molecule has 2 aromatic heterocycles. The first-order valence-corrected chi connectivity index (χ1v) is 6.69. The van der Waals surface area contributed by atoms with Gasteiger partial charge >= 0.3 is 0 Å². The van der Waals surface area contributed by atoms with E-state index in [-0.39, 0.29) is 11.8 Å². The molecule has 0 radical (unpaired) electrons. The standard InChI is InChI=1S/C12H11BrN4O2/c1-6-8(13)4-7-5-14-17(11(7)15-6)9-2-3-10(18)16-12(9)19/h4-5,9H,2-3H2,1H3,(H,16,18,19). The van der Waals surface area contributed by atoms with E-state index in [2.05, 4.69) is 31.3 Å². The second-order valence-electron chi connectivity index (χ2n) is 4.52. The number of aryl methyl sites for hydroxylation is 1. The Bertz CT molecular complexity index is 694. The van der Waals surface area contributed by atoms with Crippen LogP contribution in [0.15, 0.2) is 16.7 Å². The van der Waals surface area contributed by atoms with Crippen molar-refractivity contribution in [1.29, 1.82) is 0 Å². The quantitative estimate of drug-likeness (QED) is 0.807. The maximum atomic E-state index is 11.9. The Hall–Kier alpha value is -1.76. The molecule has 0 bridgehead atoms. The molecule has 2 aromatic rings. The number of fused-ring (bicyclic) bond motifs is 1. The largest absolute Gasteiger partial charge is 0.295 e. The Morgan fingerprint density at radius 3 is 3.00 bits per heavy atom. The summed E-state index contributed by atoms with van der Waals surface area (Å²) in [5.41, 5.74) is 1.50. The molecule has 1 atom stereocenters. The number of nitrogens with one attached hydrogen (secondary N) is 1. The monoisotopic (exact) mass is 322 g/mol. The lowest BCUT2D eigenvalue weighted by molar-refractivity contribution is -0.135. The van der Waals surface area contributed by atoms with Crippen LogP contribution in [0.1, 0.15) is 24.6 Å². The molecule has 7 heteroatoms. The molecule has 6 nitrogen and oxygen atoms in total. The third kappa shape index (κ3) is 2.03. The Kier molecular flexibility index (Phi) is 2.85. The summed E-state index contributed by atoms with van der Waals surface area (Å²) in [5, 5.41) is 7.43. The van der Waals surface area contributed by atoms with Crippen molar-refractivity contribution in [2.45, 2.75) is 25.8 Å². The summed E-state index contributed by atoms with van der Waals surface area (Å²) in [4.78, 5) is 27.5. The molecular formula is C12H11BrN4O2. The van der Waals surface area contributed by atoms with Crippen molar-refractivity contribution in [1.82, 2.24) is 20.1 Å². The molecule has 0 saturated carbocycles. The summed E-state index contributed by atoms with van der Waals surface area (Å²) >= 11 is 3.42. The normalized spacial score (nSPS) is 19.8. The fraction of sp³-hybridized carbons (Fsp3) is 0.333. The van der Waals surface area contributed by atoms with Gasteiger partial charge in [-0.1, -0.05) is 0 Å². The minimum atomic E-state index is -0.469. The van der Waals surface area contributed by atoms with Crippen molar-refractivity contribution in [2.24, 2.45) is 0 Å². The minimum Gasteiger partial charge on any atom is -0.295 e. The Morgan fingerprint density at radius 1 is 1.47 bits per heavy atom. The minimum absolute atomic E-state index is 0.232. The van der Waals surface area contributed by atoms with Gasteiger partial charge in [-0.15, -0.1) is 0 Å². The summed E-state index contributed by atoms with van der Waals surface area (Å²) < 4.78 is 2.50. The van der Waals surface area contributed by atoms with Crippen molar-refractivity contribution in [3.8, 4) is 0 Å². The van der Waals surface area contributed by atoms with Crippen LogP contribution in [0.3, 0.4) is 0 Å². The predicted octanol–water partition coefficient (Wildman–Crippen LogP) is 1.48. The van der Waals surface area contributed by atoms with Gasteiger partial charge in [0.15, 0.2) is 5.65 Å². The van der Waals surface area contributed by atoms with Crippen LogP contribution in [0.5, 0.6) is 0 Å². The lowest BCUT2D eigenvalue weighted by Gasteiger charge is -2.21. The van der Waals surface area contributed by atoms with E-state index in [0.29, 0.717) is 18.5 Å². The Balaban J connectivity index is 2.08. The highest BCUT2D eigenvalue weighted by Crippen LogP contribution is 2.25. The number of aromatic nitrogens is 3. The average molecular weight is 323 g/mol. The fourth-order valence-corrected chi connectivity index (χ4v) is 2.52. The first kappa shape index (κ1) is 12.3. The zero-order valence-corrected chi connectivity index (χ0v) is 11.8. The van der Waals surface area contributed by atoms with E-state index in [1.807, 2.05) is 13.0 Å². The number of pyridine rings is 1. The summed E-state index contributed by atoms with van der Waals surface area (Å²) in [6.07, 6.45) is 2.46. The van der Waals surface area contributed by atoms with E-state index in [1.54, 1.807) is 10.9 Å². The number of carbonyl (C=O) groups excluding carboxylic acids is 2. The number of nitrogens with zero attached hydrogens (tertiary/aromatic N) is 3. The van der Waals surface area contributed by atoms with Crippen molar-refractivity contribution in [3.05, 3.63) is 22.4 Å². The number of carbonyl (C=O) groups is 2. The smallest absolute Gasteiger partial charge is 0.251 e. The van der Waals surface area contributed by atoms with Crippen LogP contribution < -0.4 is 5.32 Å². The number of hydrogen-bond donors (Lipinski definition) is 1. The van der Waals surface area contributed by atoms with E-state index >= 15 is 0 Å². The molecule has 1 aliphatic rings. The van der Waals surface area contributed by atoms with Gasteiger partial charge in [0.1, 0.15) is 6.04 Å². The van der Waals surface area contributed by atoms with E-state index < -0.39 is 6.04 Å². The highest BCUT2D eigenvalue weighted by Gasteiger charge is 2.30. The van der Waals surface area contributed by atoms with Gasteiger partial charge < -0.3 is 0 Å². The van der Waals surface area contributed by atoms with Gasteiger partial charge in [0.25, 0.3) is 5.91 Å². The maximum Gasteiger partial charge on any atom is 0.251 e. The molecule has 1 N–H and O–H groups in total. The molecule has 0 aromatic carbocycles. The van der Waals surface area contributed by atoms with Crippen LogP contribution in [0.2, 0.25) is 0 Å². The summed E-state index contributed by atoms with van der Waals surface area (Å²) in [7, 11) is 0. The maximum absolute atomic E-state index is 11.9. The Labute approximate surface area is 117 Å². The second-order valence-corrected chi connectivity index (χ2v) is 5.38. The number of imide groups is 1. The lowest BCUT2D eigenvalue weighted by atomic mass is 10.1. The van der Waals surface area contributed by atoms with Gasteiger partial charge in [0, 0.05) is 16.3 Å². The molecule has 0 spiro atoms. The highest BCUT2D eigenvalue weighted by atomic mass is 79.9. The lowest BCUT2D eigenvalue weighted by Crippen LogP contribution is -2.42. The van der Waals surface area contributed by atoms with Crippen LogP contribution in [-0.2, 0) is 9.59 Å². The predicted molar refractivity (Wildman–Crippen MR) is 71.4 cm³/mol. The molecule has 0 aliphatic carbocycles. The van der Waals surface area contributed by atoms with E-state index in [4.69, 9.17) is 0 Å². The van der Waals surface area contributed by atoms with Crippen LogP contribution in [0.25, 0.3) is 11.0 Å². The van der Waals surface area contributed by atoms with Gasteiger partial charge in [-0.05, 0) is 35.3 Å². The molecule has 1 fully saturated rings. The summed E-state index contributed by atoms with van der Waals surface area (Å²) in [6.45, 7) is 1.88. The van der Waals surface area contributed by atoms with Gasteiger partial charge in [-0.25, -0.2) is 9.67 Å². The second kappa shape index (κ2) is 4.41. The van der Waals surface area contributed by atoms with E-state index in [0.717, 1.165) is 15.6 Å². The number of rotatable bonds is 1. The van der Waals surface area contributed by atoms with E-state index in [9.17, 15) is 9.59 Å². The highest BCUT2D eigenvalue weighted by molar-refractivity contribution is 9.10. The Morgan fingerprint density at radius 2 is 2.26 bits per heavy atom. The topological polar surface area (TPSA) is 76.9 Å². The summed E-state index contributed by atoms with van der Waals surface area (Å²) in [6, 6.07) is 1.45. The van der Waals surface area contributed by atoms with Crippen molar-refractivity contribution < 1.29 is 9.59 Å². The zero-order chi connectivity index (χ0) is 13.6. The third-order valence-electron chi connectivity index (χ3n) is 3.20. The van der Waals surface area contributed by atoms with Gasteiger partial charge in [0.05, 0.1) is 11.9 Å². The molecule has 1 saturated heterocycles. The number of amides is 2. The van der Waals surface area contributed by atoms with Crippen LogP contribution in [0, 0.1) is 6.92 Å². The summed E-state index contributed by atoms with van der Waals surface area (Å²) in [5.74, 6) is -0.548. The molecule has 98 valence electrons. The molecule has 1 aliphatic heterocycles. The SMILES string of the molecule is Cc1nc2c(cnn2C2CCC(=O)NC2=O)cc1Br. The van der Waals surface area contributed by atoms with Crippen LogP contribution in [-0.4, -0.2) is 26.6 Å². The molecule has 3 rings (SSSR count). The fourth-order valence-electron chi connectivity index (χ4n) is 2.18. The van der Waals surface area contributed by atoms with Crippen LogP contribution in [0.4, 0.5) is 0 Å². The first-order valence-electron chi connectivity index (χ1n) is 5.90. The van der Waals surface area contributed by atoms with E-state index in [1.165, 1.54) is 0 Å². The molecular weight excluding hydrogens is 312 g/mol. The zero-order valence-electron chi connectivity index (χ0n) is 10.2. The van der Waals surface area contributed by atoms with Gasteiger partial charge in [-0.3, -0.25) is 14.9 Å². The van der Waals surface area contributed by atoms with Gasteiger partial charge in [0.2, 0.25) is 5.91 Å². The van der Waals surface area contributed by atoms with Crippen molar-refractivity contribution in [3.63, 3.8) is 0 Å². The van der Waals surface area contributed by atoms with Crippen LogP contribution >= 0.6 is 15.9 Å². The number of hydrogen-bond acceptors (Lipinski definition) is 4. The molecule has 3 heterocycles. The number of halogens is 1. The van der Waals surface area contributed by atoms with Gasteiger partial charge in [-0.2, -0.15) is 5.10 Å². The number of piperidine rings is 1. The van der Waals surface area contributed by atoms with Crippen molar-refractivity contribution >= 4 is 38.8 Å². The average Bonchev–Trinajstić information content (AvgIpc) is 2.73. The third-order valence-corrected chi connectivity index (χ3v) is 4.01. The van der Waals surface area contributed by atoms with Crippen molar-refractivity contribution in [2.75, 3.05) is 0 Å². The molecule has 19 heavy (non-hydrogen) atoms. The first-order chi connectivity index (χ1) is 9.06. The molecule has 2 amide bonds.